The van der Waals surface area contributed by atoms with Crippen molar-refractivity contribution in [2.75, 3.05) is 39.6 Å². The van der Waals surface area contributed by atoms with Crippen LogP contribution < -0.4 is 0 Å². The normalized spacial score (nSPS) is 14.6. The van der Waals surface area contributed by atoms with E-state index in [2.05, 4.69) is 167 Å². The summed E-state index contributed by atoms with van der Waals surface area (Å²) in [6.45, 7) is 4.49. The maximum atomic E-state index is 13.1. The molecule has 616 valence electrons. The zero-order chi connectivity index (χ0) is 78.9. The molecular weight excluding hydrogens is 1400 g/mol. The van der Waals surface area contributed by atoms with E-state index in [0.29, 0.717) is 38.5 Å². The summed E-state index contributed by atoms with van der Waals surface area (Å²) in [5.74, 6) is -2.33. The summed E-state index contributed by atoms with van der Waals surface area (Å²) in [4.78, 5) is 73.1. The third-order valence-electron chi connectivity index (χ3n) is 17.0. The number of aliphatic hydroxyl groups is 1. The fraction of sp³-hybridized carbons (Fsp3) is 0.663. The Morgan fingerprint density at radius 3 is 0.833 bits per heavy atom. The number of carbonyl (C=O) groups excluding carboxylic acids is 4. The van der Waals surface area contributed by atoms with E-state index in [0.717, 1.165) is 148 Å². The van der Waals surface area contributed by atoms with Crippen LogP contribution in [-0.2, 0) is 65.4 Å². The fourth-order valence-corrected chi connectivity index (χ4v) is 12.3. The van der Waals surface area contributed by atoms with Crippen molar-refractivity contribution in [2.24, 2.45) is 0 Å². The zero-order valence-corrected chi connectivity index (χ0v) is 69.3. The van der Waals surface area contributed by atoms with Crippen LogP contribution in [0.1, 0.15) is 323 Å². The predicted octanol–water partition coefficient (Wildman–Crippen LogP) is 24.8. The van der Waals surface area contributed by atoms with Gasteiger partial charge in [-0.25, -0.2) is 9.13 Å². The van der Waals surface area contributed by atoms with Crippen LogP contribution in [0.15, 0.2) is 158 Å². The Balaban J connectivity index is 5.47. The lowest BCUT2D eigenvalue weighted by Gasteiger charge is -2.21. The molecule has 0 rings (SSSR count). The summed E-state index contributed by atoms with van der Waals surface area (Å²) in [5, 5.41) is 10.7. The highest BCUT2D eigenvalue weighted by molar-refractivity contribution is 7.47. The highest BCUT2D eigenvalue weighted by Gasteiger charge is 2.30. The van der Waals surface area contributed by atoms with Gasteiger partial charge in [0.25, 0.3) is 0 Å². The molecule has 17 nitrogen and oxygen atoms in total. The number of unbranched alkanes of at least 4 members (excludes halogenated alkanes) is 25. The molecule has 0 aromatic rings. The van der Waals surface area contributed by atoms with Gasteiger partial charge in [0.1, 0.15) is 19.3 Å². The minimum atomic E-state index is -5.00. The van der Waals surface area contributed by atoms with Crippen molar-refractivity contribution in [2.45, 2.75) is 341 Å². The molecule has 5 atom stereocenters. The monoisotopic (exact) mass is 1550 g/mol. The molecule has 0 aliphatic heterocycles. The van der Waals surface area contributed by atoms with Gasteiger partial charge in [-0.1, -0.05) is 314 Å². The second-order valence-electron chi connectivity index (χ2n) is 27.3. The summed E-state index contributed by atoms with van der Waals surface area (Å²) in [6, 6.07) is 0. The minimum Gasteiger partial charge on any atom is -0.462 e. The van der Waals surface area contributed by atoms with Crippen LogP contribution in [0.3, 0.4) is 0 Å². The van der Waals surface area contributed by atoms with Crippen molar-refractivity contribution in [1.29, 1.82) is 0 Å². The van der Waals surface area contributed by atoms with E-state index in [-0.39, 0.29) is 25.7 Å². The van der Waals surface area contributed by atoms with Crippen molar-refractivity contribution in [3.8, 4) is 0 Å². The highest BCUT2D eigenvalue weighted by Crippen LogP contribution is 2.45. The van der Waals surface area contributed by atoms with Crippen molar-refractivity contribution >= 4 is 39.5 Å². The summed E-state index contributed by atoms with van der Waals surface area (Å²) < 4.78 is 68.6. The molecule has 5 unspecified atom stereocenters. The van der Waals surface area contributed by atoms with Gasteiger partial charge in [0.2, 0.25) is 0 Å². The van der Waals surface area contributed by atoms with Crippen LogP contribution >= 0.6 is 15.6 Å². The van der Waals surface area contributed by atoms with Crippen LogP contribution in [0.2, 0.25) is 0 Å². The SMILES string of the molecule is CC/C=C\C/C=C\C/C=C\C/C=C\C/C=C\C/C=C\CCC(=O)OCC(COP(=O)(O)OCC(O)COP(=O)(O)OCC(COC(=O)CCCCCCCC/C=C\C/C=C\C/C=C\CCCCC)OC(=O)CCCC/C=C\C/C=C\C/C=C\C/C=C\CC)OC(=O)CCCCCCCCCCCCCCCCC. The van der Waals surface area contributed by atoms with Gasteiger partial charge in [-0.05, 0) is 141 Å². The van der Waals surface area contributed by atoms with Crippen molar-refractivity contribution in [1.82, 2.24) is 0 Å². The smallest absolute Gasteiger partial charge is 0.462 e. The molecule has 3 N–H and O–H groups in total. The molecule has 0 aromatic carbocycles. The second-order valence-corrected chi connectivity index (χ2v) is 30.2. The van der Waals surface area contributed by atoms with Crippen LogP contribution in [0.5, 0.6) is 0 Å². The number of ether oxygens (including phenoxy) is 4. The Morgan fingerprint density at radius 1 is 0.269 bits per heavy atom. The molecule has 19 heteroatoms. The predicted molar refractivity (Wildman–Crippen MR) is 445 cm³/mol. The summed E-state index contributed by atoms with van der Waals surface area (Å²) in [5.41, 5.74) is 0. The summed E-state index contributed by atoms with van der Waals surface area (Å²) in [7, 11) is -10.0. The Labute approximate surface area is 655 Å². The molecule has 0 radical (unpaired) electrons. The van der Waals surface area contributed by atoms with Gasteiger partial charge in [0.15, 0.2) is 12.2 Å². The van der Waals surface area contributed by atoms with Crippen LogP contribution in [-0.4, -0.2) is 96.7 Å². The first-order chi connectivity index (χ1) is 52.7. The number of allylic oxidation sites excluding steroid dienone is 26. The van der Waals surface area contributed by atoms with E-state index in [1.165, 1.54) is 83.5 Å². The number of hydrogen-bond donors (Lipinski definition) is 3. The highest BCUT2D eigenvalue weighted by atomic mass is 31.2. The van der Waals surface area contributed by atoms with E-state index in [1.54, 1.807) is 0 Å². The van der Waals surface area contributed by atoms with Crippen molar-refractivity contribution < 1.29 is 80.2 Å². The molecule has 0 bridgehead atoms. The molecular formula is C89H148O17P2. The zero-order valence-electron chi connectivity index (χ0n) is 67.5. The molecule has 0 saturated carbocycles. The van der Waals surface area contributed by atoms with Crippen LogP contribution in [0.4, 0.5) is 0 Å². The number of carbonyl (C=O) groups is 4. The number of phosphoric acid groups is 2. The Kier molecular flexibility index (Phi) is 75.8. The van der Waals surface area contributed by atoms with Gasteiger partial charge < -0.3 is 33.8 Å². The van der Waals surface area contributed by atoms with E-state index in [4.69, 9.17) is 37.0 Å². The molecule has 0 amide bonds. The largest absolute Gasteiger partial charge is 0.472 e. The average molecular weight is 1550 g/mol. The number of rotatable bonds is 77. The lowest BCUT2D eigenvalue weighted by atomic mass is 10.0. The number of aliphatic hydroxyl groups excluding tert-OH is 1. The molecule has 0 saturated heterocycles. The lowest BCUT2D eigenvalue weighted by Crippen LogP contribution is -2.30. The summed E-state index contributed by atoms with van der Waals surface area (Å²) in [6.07, 6.45) is 93.7. The molecule has 0 spiro atoms. The first kappa shape index (κ1) is 103. The number of hydrogen-bond acceptors (Lipinski definition) is 15. The van der Waals surface area contributed by atoms with E-state index >= 15 is 0 Å². The van der Waals surface area contributed by atoms with Gasteiger partial charge in [-0.2, -0.15) is 0 Å². The quantitative estimate of drug-likeness (QED) is 0.0169. The van der Waals surface area contributed by atoms with Gasteiger partial charge in [-0.15, -0.1) is 0 Å². The van der Waals surface area contributed by atoms with Crippen molar-refractivity contribution in [3.05, 3.63) is 158 Å². The van der Waals surface area contributed by atoms with Crippen LogP contribution in [0.25, 0.3) is 0 Å². The summed E-state index contributed by atoms with van der Waals surface area (Å²) >= 11 is 0. The Hall–Kier alpha value is -5.32. The molecule has 0 fully saturated rings. The molecule has 0 heterocycles. The molecule has 0 aromatic heterocycles. The number of esters is 4. The third kappa shape index (κ3) is 78.8. The lowest BCUT2D eigenvalue weighted by molar-refractivity contribution is -0.161. The number of phosphoric ester groups is 2. The van der Waals surface area contributed by atoms with E-state index in [9.17, 15) is 43.2 Å². The van der Waals surface area contributed by atoms with Gasteiger partial charge in [-0.3, -0.25) is 37.3 Å². The Bertz CT molecular complexity index is 2660. The van der Waals surface area contributed by atoms with Gasteiger partial charge in [0.05, 0.1) is 26.4 Å². The Morgan fingerprint density at radius 2 is 0.500 bits per heavy atom. The van der Waals surface area contributed by atoms with E-state index < -0.39 is 97.5 Å². The van der Waals surface area contributed by atoms with E-state index in [1.807, 2.05) is 18.2 Å². The maximum Gasteiger partial charge on any atom is 0.472 e. The molecule has 108 heavy (non-hydrogen) atoms. The van der Waals surface area contributed by atoms with Gasteiger partial charge >= 0.3 is 39.5 Å². The molecule has 0 aliphatic rings. The second kappa shape index (κ2) is 79.8. The minimum absolute atomic E-state index is 0.0328. The topological polar surface area (TPSA) is 237 Å². The standard InChI is InChI=1S/C89H148O17P2/c1-5-9-13-17-21-25-29-33-37-39-41-43-47-49-53-57-61-65-69-73-86(91)99-79-84(105-88(93)75-71-67-63-59-55-51-45-35-31-27-23-19-15-11-7-3)81-103-107(95,96)101-77-83(90)78-102-108(97,98)104-82-85(106-89(94)76-72-68-64-60-56-52-46-36-32-28-24-20-16-12-8-4)80-100-87(92)74-70-66-62-58-54-50-48-44-42-40-38-34-30-26-22-18-14-10-6-2/h9,12-13,16,21-22,24-26,28,33-34,36-38,41-44,46,49,53,56,60-61,65,83-85,90H,5-8,10-11,14-15,17-20,23,27,29-32,35,39-40,45,47-48,50-52,54-55,57-59,62-64,66-82H2,1-4H3,(H,95,96)(H,97,98)/b13-9-,16-12-,25-21-,26-22-,28-24-,37-33-,38-34-,43-41-,44-42-,46-36-,53-49-,60-56-,65-61-. The first-order valence-corrected chi connectivity index (χ1v) is 44.7. The van der Waals surface area contributed by atoms with Crippen LogP contribution in [0, 0.1) is 0 Å². The van der Waals surface area contributed by atoms with Gasteiger partial charge in [0, 0.05) is 25.7 Å². The maximum absolute atomic E-state index is 13.1. The first-order valence-electron chi connectivity index (χ1n) is 41.7. The average Bonchev–Trinajstić information content (AvgIpc) is 0.923. The molecule has 0 aliphatic carbocycles. The fourth-order valence-electron chi connectivity index (χ4n) is 10.7. The third-order valence-corrected chi connectivity index (χ3v) is 18.9. The van der Waals surface area contributed by atoms with Crippen molar-refractivity contribution in [3.63, 3.8) is 0 Å².